The molecule has 0 aliphatic rings. The van der Waals surface area contributed by atoms with Gasteiger partial charge in [0.25, 0.3) is 5.56 Å². The lowest BCUT2D eigenvalue weighted by molar-refractivity contribution is -0.141. The number of thioether (sulfide) groups is 1. The summed E-state index contributed by atoms with van der Waals surface area (Å²) in [7, 11) is 0. The van der Waals surface area contributed by atoms with Gasteiger partial charge in [-0.1, -0.05) is 23.4 Å². The van der Waals surface area contributed by atoms with Crippen LogP contribution in [-0.2, 0) is 6.18 Å². The van der Waals surface area contributed by atoms with E-state index in [-0.39, 0.29) is 5.69 Å². The minimum atomic E-state index is -4.82. The number of fused-ring (bicyclic) bond motifs is 1. The molecule has 0 aliphatic heterocycles. The van der Waals surface area contributed by atoms with Crippen LogP contribution in [0.15, 0.2) is 32.1 Å². The van der Waals surface area contributed by atoms with Crippen molar-refractivity contribution in [3.8, 4) is 5.69 Å². The third kappa shape index (κ3) is 2.85. The topological polar surface area (TPSA) is 67.8 Å². The maximum atomic E-state index is 12.7. The number of halogens is 4. The Labute approximate surface area is 145 Å². The van der Waals surface area contributed by atoms with Crippen molar-refractivity contribution in [1.29, 1.82) is 0 Å². The van der Waals surface area contributed by atoms with E-state index in [4.69, 9.17) is 11.6 Å². The fraction of sp³-hybridized carbons (Fsp3) is 0.154. The van der Waals surface area contributed by atoms with Gasteiger partial charge < -0.3 is 4.98 Å². The molecule has 0 amide bonds. The molecule has 1 N–H and O–H groups in total. The van der Waals surface area contributed by atoms with Crippen molar-refractivity contribution in [2.24, 2.45) is 0 Å². The van der Waals surface area contributed by atoms with E-state index in [1.54, 1.807) is 11.2 Å². The number of rotatable bonds is 2. The normalized spacial score (nSPS) is 12.0. The average molecular weight is 394 g/mol. The highest BCUT2D eigenvalue weighted by atomic mass is 35.5. The maximum Gasteiger partial charge on any atom is 0.431 e. The number of nitrogens with one attached hydrogen (secondary N) is 1. The molecule has 24 heavy (non-hydrogen) atoms. The molecule has 126 valence electrons. The summed E-state index contributed by atoms with van der Waals surface area (Å²) in [6, 6.07) is 3.18. The van der Waals surface area contributed by atoms with E-state index in [0.29, 0.717) is 30.2 Å². The lowest BCUT2D eigenvalue weighted by Crippen LogP contribution is -2.35. The smallest absolute Gasteiger partial charge is 0.303 e. The second-order valence-corrected chi connectivity index (χ2v) is 7.05. The Balaban J connectivity index is 2.33. The van der Waals surface area contributed by atoms with Gasteiger partial charge >= 0.3 is 11.9 Å². The van der Waals surface area contributed by atoms with Crippen LogP contribution >= 0.6 is 34.7 Å². The van der Waals surface area contributed by atoms with E-state index in [1.165, 1.54) is 35.2 Å². The van der Waals surface area contributed by atoms with Gasteiger partial charge in [0, 0.05) is 6.07 Å². The van der Waals surface area contributed by atoms with E-state index in [9.17, 15) is 22.8 Å². The second kappa shape index (κ2) is 5.94. The van der Waals surface area contributed by atoms with Gasteiger partial charge in [-0.3, -0.25) is 4.79 Å². The Hall–Kier alpha value is -1.78. The minimum Gasteiger partial charge on any atom is -0.303 e. The summed E-state index contributed by atoms with van der Waals surface area (Å²) >= 11 is 8.61. The van der Waals surface area contributed by atoms with Crippen molar-refractivity contribution in [2.45, 2.75) is 10.5 Å². The van der Waals surface area contributed by atoms with Crippen molar-refractivity contribution in [3.63, 3.8) is 0 Å². The predicted molar refractivity (Wildman–Crippen MR) is 87.6 cm³/mol. The summed E-state index contributed by atoms with van der Waals surface area (Å²) in [4.78, 5) is 30.1. The number of hydrogen-bond acceptors (Lipinski definition) is 5. The fourth-order valence-corrected chi connectivity index (χ4v) is 3.93. The highest BCUT2D eigenvalue weighted by molar-refractivity contribution is 8.00. The standard InChI is InChI=1S/C13H7ClF3N3O2S2/c1-23-12-19-9-5(14)2-3-6(10(9)24-12)20-8(21)4-7(13(15,16)17)18-11(20)22/h2-4H,1H3,(H,18,22). The Kier molecular flexibility index (Phi) is 4.22. The Morgan fingerprint density at radius 2 is 2.04 bits per heavy atom. The van der Waals surface area contributed by atoms with Crippen molar-refractivity contribution in [3.05, 3.63) is 49.8 Å². The van der Waals surface area contributed by atoms with E-state index in [2.05, 4.69) is 4.98 Å². The van der Waals surface area contributed by atoms with Crippen molar-refractivity contribution >= 4 is 44.9 Å². The first kappa shape index (κ1) is 17.1. The molecule has 3 rings (SSSR count). The number of alkyl halides is 3. The molecule has 2 aromatic heterocycles. The van der Waals surface area contributed by atoms with Crippen LogP contribution in [0.2, 0.25) is 5.02 Å². The molecule has 0 spiro atoms. The molecule has 2 heterocycles. The third-order valence-electron chi connectivity index (χ3n) is 3.11. The molecule has 0 bridgehead atoms. The molecule has 0 saturated heterocycles. The van der Waals surface area contributed by atoms with Crippen molar-refractivity contribution in [2.75, 3.05) is 6.26 Å². The average Bonchev–Trinajstić information content (AvgIpc) is 2.93. The van der Waals surface area contributed by atoms with Crippen LogP contribution in [-0.4, -0.2) is 20.8 Å². The monoisotopic (exact) mass is 393 g/mol. The van der Waals surface area contributed by atoms with Crippen LogP contribution in [0.25, 0.3) is 15.9 Å². The van der Waals surface area contributed by atoms with E-state index < -0.39 is 23.1 Å². The molecule has 1 aromatic carbocycles. The number of thiazole rings is 1. The largest absolute Gasteiger partial charge is 0.431 e. The summed E-state index contributed by atoms with van der Waals surface area (Å²) in [5.74, 6) is 0. The van der Waals surface area contributed by atoms with Gasteiger partial charge in [-0.2, -0.15) is 13.2 Å². The molecular weight excluding hydrogens is 387 g/mol. The molecular formula is C13H7ClF3N3O2S2. The van der Waals surface area contributed by atoms with Crippen LogP contribution in [0.1, 0.15) is 5.69 Å². The molecule has 0 saturated carbocycles. The number of benzene rings is 1. The van der Waals surface area contributed by atoms with Crippen LogP contribution < -0.4 is 11.2 Å². The Morgan fingerprint density at radius 1 is 1.33 bits per heavy atom. The molecule has 0 fully saturated rings. The molecule has 5 nitrogen and oxygen atoms in total. The third-order valence-corrected chi connectivity index (χ3v) is 5.48. The Morgan fingerprint density at radius 3 is 2.62 bits per heavy atom. The quantitative estimate of drug-likeness (QED) is 0.676. The SMILES string of the molecule is CSc1nc2c(Cl)ccc(-n3c(=O)cc(C(F)(F)F)[nH]c3=O)c2s1. The van der Waals surface area contributed by atoms with Gasteiger partial charge in [0.1, 0.15) is 11.2 Å². The number of aromatic amines is 1. The minimum absolute atomic E-state index is 0.132. The van der Waals surface area contributed by atoms with Gasteiger partial charge in [0.05, 0.1) is 15.4 Å². The van der Waals surface area contributed by atoms with E-state index in [1.807, 2.05) is 0 Å². The van der Waals surface area contributed by atoms with Gasteiger partial charge in [-0.25, -0.2) is 14.3 Å². The number of aromatic nitrogens is 3. The molecule has 0 aliphatic carbocycles. The fourth-order valence-electron chi connectivity index (χ4n) is 2.08. The zero-order valence-electron chi connectivity index (χ0n) is 11.8. The first-order valence-corrected chi connectivity index (χ1v) is 8.71. The first-order chi connectivity index (χ1) is 11.2. The second-order valence-electron chi connectivity index (χ2n) is 4.59. The number of H-pyrrole nitrogens is 1. The van der Waals surface area contributed by atoms with E-state index >= 15 is 0 Å². The summed E-state index contributed by atoms with van der Waals surface area (Å²) in [5, 5.41) is 0.321. The zero-order valence-corrected chi connectivity index (χ0v) is 14.2. The summed E-state index contributed by atoms with van der Waals surface area (Å²) in [6.45, 7) is 0. The maximum absolute atomic E-state index is 12.7. The molecule has 0 radical (unpaired) electrons. The molecule has 11 heteroatoms. The predicted octanol–water partition coefficient (Wildman–Crippen LogP) is 3.53. The summed E-state index contributed by atoms with van der Waals surface area (Å²) < 4.78 is 39.8. The lowest BCUT2D eigenvalue weighted by atomic mass is 10.3. The molecule has 0 unspecified atom stereocenters. The Bertz CT molecular complexity index is 1020. The van der Waals surface area contributed by atoms with Crippen LogP contribution in [0.4, 0.5) is 13.2 Å². The van der Waals surface area contributed by atoms with Crippen molar-refractivity contribution < 1.29 is 13.2 Å². The van der Waals surface area contributed by atoms with Crippen LogP contribution in [0, 0.1) is 0 Å². The summed E-state index contributed by atoms with van der Waals surface area (Å²) in [5.41, 5.74) is -3.15. The molecule has 3 aromatic rings. The van der Waals surface area contributed by atoms with Gasteiger partial charge in [-0.15, -0.1) is 11.3 Å². The summed E-state index contributed by atoms with van der Waals surface area (Å²) in [6.07, 6.45) is -3.02. The van der Waals surface area contributed by atoms with Crippen LogP contribution in [0.5, 0.6) is 0 Å². The zero-order chi connectivity index (χ0) is 17.6. The van der Waals surface area contributed by atoms with Crippen molar-refractivity contribution in [1.82, 2.24) is 14.5 Å². The number of hydrogen-bond donors (Lipinski definition) is 1. The number of nitrogens with zero attached hydrogens (tertiary/aromatic N) is 2. The van der Waals surface area contributed by atoms with Gasteiger partial charge in [-0.05, 0) is 18.4 Å². The van der Waals surface area contributed by atoms with Gasteiger partial charge in [0.15, 0.2) is 4.34 Å². The highest BCUT2D eigenvalue weighted by Gasteiger charge is 2.33. The molecule has 0 atom stereocenters. The highest BCUT2D eigenvalue weighted by Crippen LogP contribution is 2.35. The van der Waals surface area contributed by atoms with Gasteiger partial charge in [0.2, 0.25) is 0 Å². The first-order valence-electron chi connectivity index (χ1n) is 6.29. The van der Waals surface area contributed by atoms with Crippen LogP contribution in [0.3, 0.4) is 0 Å². The lowest BCUT2D eigenvalue weighted by Gasteiger charge is -2.09. The van der Waals surface area contributed by atoms with E-state index in [0.717, 1.165) is 0 Å².